The Morgan fingerprint density at radius 3 is 2.74 bits per heavy atom. The number of rotatable bonds is 3. The van der Waals surface area contributed by atoms with Gasteiger partial charge in [0.05, 0.1) is 24.8 Å². The third-order valence-electron chi connectivity index (χ3n) is 7.12. The van der Waals surface area contributed by atoms with Gasteiger partial charge in [-0.2, -0.15) is 0 Å². The minimum absolute atomic E-state index is 0.0266. The number of nitrogens with one attached hydrogen (secondary N) is 1. The van der Waals surface area contributed by atoms with E-state index in [2.05, 4.69) is 9.88 Å². The molecular weight excluding hydrogens is 463 g/mol. The van der Waals surface area contributed by atoms with Crippen LogP contribution in [0.4, 0.5) is 10.2 Å². The smallest absolute Gasteiger partial charge is 0.185 e. The van der Waals surface area contributed by atoms with Gasteiger partial charge in [-0.15, -0.1) is 0 Å². The van der Waals surface area contributed by atoms with Crippen LogP contribution in [-0.4, -0.2) is 75.2 Å². The molecule has 3 aliphatic rings. The van der Waals surface area contributed by atoms with E-state index in [0.717, 1.165) is 0 Å². The summed E-state index contributed by atoms with van der Waals surface area (Å²) in [5.41, 5.74) is 1.33. The van der Waals surface area contributed by atoms with Gasteiger partial charge in [0.15, 0.2) is 27.2 Å². The summed E-state index contributed by atoms with van der Waals surface area (Å²) in [5, 5.41) is 0.626. The molecule has 0 amide bonds. The topological polar surface area (TPSA) is 107 Å². The zero-order chi connectivity index (χ0) is 23.5. The molecule has 5 heterocycles. The Bertz CT molecular complexity index is 1370. The highest BCUT2D eigenvalue weighted by Gasteiger charge is 2.50. The van der Waals surface area contributed by atoms with Gasteiger partial charge in [0, 0.05) is 43.2 Å². The van der Waals surface area contributed by atoms with Gasteiger partial charge in [0.2, 0.25) is 0 Å². The van der Waals surface area contributed by atoms with Crippen molar-refractivity contribution < 1.29 is 27.0 Å². The SMILES string of the molecule is CS(=O)(=O)C1(c2nc(-c3ccc(F)c4[nH]ccc34)nc3c2OC[C@@H]2COCCN32)CCOCC1. The largest absolute Gasteiger partial charge is 0.486 e. The zero-order valence-corrected chi connectivity index (χ0v) is 19.5. The van der Waals surface area contributed by atoms with Gasteiger partial charge in [-0.25, -0.2) is 22.8 Å². The molecule has 0 bridgehead atoms. The fourth-order valence-corrected chi connectivity index (χ4v) is 6.64. The highest BCUT2D eigenvalue weighted by molar-refractivity contribution is 7.91. The van der Waals surface area contributed by atoms with Gasteiger partial charge in [-0.3, -0.25) is 0 Å². The molecule has 180 valence electrons. The normalized spacial score (nSPS) is 22.2. The average Bonchev–Trinajstić information content (AvgIpc) is 3.34. The second kappa shape index (κ2) is 7.89. The van der Waals surface area contributed by atoms with E-state index >= 15 is 0 Å². The molecule has 1 atom stereocenters. The molecule has 2 aromatic heterocycles. The van der Waals surface area contributed by atoms with Crippen LogP contribution in [-0.2, 0) is 24.1 Å². The van der Waals surface area contributed by atoms with Crippen LogP contribution in [0.15, 0.2) is 24.4 Å². The van der Waals surface area contributed by atoms with E-state index in [9.17, 15) is 12.8 Å². The Labute approximate surface area is 196 Å². The number of aromatic amines is 1. The molecule has 0 spiro atoms. The molecule has 9 nitrogen and oxygen atoms in total. The number of anilines is 1. The van der Waals surface area contributed by atoms with Crippen LogP contribution >= 0.6 is 0 Å². The Hall–Kier alpha value is -2.76. The van der Waals surface area contributed by atoms with Crippen molar-refractivity contribution >= 4 is 26.6 Å². The molecule has 2 saturated heterocycles. The summed E-state index contributed by atoms with van der Waals surface area (Å²) in [6.45, 7) is 2.61. The van der Waals surface area contributed by atoms with Gasteiger partial charge in [0.25, 0.3) is 0 Å². The average molecular weight is 489 g/mol. The molecule has 0 aliphatic carbocycles. The number of hydrogen-bond acceptors (Lipinski definition) is 8. The molecule has 3 aliphatic heterocycles. The molecule has 3 aromatic rings. The van der Waals surface area contributed by atoms with Crippen molar-refractivity contribution in [3.05, 3.63) is 35.9 Å². The first-order chi connectivity index (χ1) is 16.4. The standard InChI is InChI=1S/C23H25FN4O5S/c1-34(29,30)23(5-9-31-10-6-23)20-19-22(28-8-11-32-12-14(28)13-33-19)27-21(26-20)16-2-3-17(24)18-15(16)4-7-25-18/h2-4,7,14,25H,5-6,8-13H2,1H3/t14-/m0/s1. The van der Waals surface area contributed by atoms with Crippen LogP contribution in [0.5, 0.6) is 5.75 Å². The number of H-pyrrole nitrogens is 1. The highest BCUT2D eigenvalue weighted by Crippen LogP contribution is 2.48. The van der Waals surface area contributed by atoms with Gasteiger partial charge < -0.3 is 24.1 Å². The monoisotopic (exact) mass is 488 g/mol. The lowest BCUT2D eigenvalue weighted by Gasteiger charge is -2.43. The van der Waals surface area contributed by atoms with Gasteiger partial charge >= 0.3 is 0 Å². The first-order valence-corrected chi connectivity index (χ1v) is 13.2. The maximum Gasteiger partial charge on any atom is 0.185 e. The van der Waals surface area contributed by atoms with E-state index < -0.39 is 14.6 Å². The lowest BCUT2D eigenvalue weighted by atomic mass is 9.93. The molecule has 0 saturated carbocycles. The maximum atomic E-state index is 14.4. The van der Waals surface area contributed by atoms with Crippen LogP contribution in [0.3, 0.4) is 0 Å². The maximum absolute atomic E-state index is 14.4. The number of aromatic nitrogens is 3. The molecule has 11 heteroatoms. The first-order valence-electron chi connectivity index (χ1n) is 11.3. The molecule has 1 N–H and O–H groups in total. The molecule has 34 heavy (non-hydrogen) atoms. The number of fused-ring (bicyclic) bond motifs is 4. The predicted octanol–water partition coefficient (Wildman–Crippen LogP) is 2.41. The quantitative estimate of drug-likeness (QED) is 0.599. The number of halogens is 1. The third-order valence-corrected chi connectivity index (χ3v) is 9.14. The fraction of sp³-hybridized carbons (Fsp3) is 0.478. The highest BCUT2D eigenvalue weighted by atomic mass is 32.2. The zero-order valence-electron chi connectivity index (χ0n) is 18.7. The van der Waals surface area contributed by atoms with Crippen molar-refractivity contribution in [3.8, 4) is 17.1 Å². The lowest BCUT2D eigenvalue weighted by Crippen LogP contribution is -2.52. The van der Waals surface area contributed by atoms with Crippen LogP contribution in [0.2, 0.25) is 0 Å². The lowest BCUT2D eigenvalue weighted by molar-refractivity contribution is 0.0640. The minimum atomic E-state index is -3.60. The molecule has 0 unspecified atom stereocenters. The van der Waals surface area contributed by atoms with E-state index in [1.807, 2.05) is 0 Å². The summed E-state index contributed by atoms with van der Waals surface area (Å²) in [4.78, 5) is 14.8. The molecule has 6 rings (SSSR count). The van der Waals surface area contributed by atoms with Gasteiger partial charge in [-0.1, -0.05) is 0 Å². The van der Waals surface area contributed by atoms with E-state index in [0.29, 0.717) is 79.1 Å². The fourth-order valence-electron chi connectivity index (χ4n) is 5.25. The molecule has 0 radical (unpaired) electrons. The van der Waals surface area contributed by atoms with Gasteiger partial charge in [0.1, 0.15) is 22.9 Å². The second-order valence-corrected chi connectivity index (χ2v) is 11.3. The van der Waals surface area contributed by atoms with E-state index in [1.54, 1.807) is 18.3 Å². The summed E-state index contributed by atoms with van der Waals surface area (Å²) in [6.07, 6.45) is 3.45. The van der Waals surface area contributed by atoms with Crippen molar-refractivity contribution in [1.82, 2.24) is 15.0 Å². The van der Waals surface area contributed by atoms with E-state index in [4.69, 9.17) is 24.2 Å². The summed E-state index contributed by atoms with van der Waals surface area (Å²) in [6, 6.07) is 4.74. The third kappa shape index (κ3) is 3.21. The van der Waals surface area contributed by atoms with Crippen molar-refractivity contribution in [1.29, 1.82) is 0 Å². The summed E-state index contributed by atoms with van der Waals surface area (Å²) in [5.74, 6) is 0.919. The first kappa shape index (κ1) is 21.8. The Kier molecular flexibility index (Phi) is 5.05. The van der Waals surface area contributed by atoms with Gasteiger partial charge in [-0.05, 0) is 31.0 Å². The molecule has 2 fully saturated rings. The second-order valence-electron chi connectivity index (χ2n) is 9.02. The predicted molar refractivity (Wildman–Crippen MR) is 123 cm³/mol. The van der Waals surface area contributed by atoms with Crippen LogP contribution < -0.4 is 9.64 Å². The molecular formula is C23H25FN4O5S. The van der Waals surface area contributed by atoms with Crippen molar-refractivity contribution in [3.63, 3.8) is 0 Å². The van der Waals surface area contributed by atoms with Crippen LogP contribution in [0, 0.1) is 5.82 Å². The Balaban J connectivity index is 1.64. The number of sulfone groups is 1. The number of hydrogen-bond donors (Lipinski definition) is 1. The Morgan fingerprint density at radius 1 is 1.12 bits per heavy atom. The molecule has 1 aromatic carbocycles. The van der Waals surface area contributed by atoms with Crippen molar-refractivity contribution in [2.24, 2.45) is 0 Å². The number of benzene rings is 1. The van der Waals surface area contributed by atoms with E-state index in [-0.39, 0.29) is 24.7 Å². The summed E-state index contributed by atoms with van der Waals surface area (Å²) in [7, 11) is -3.60. The van der Waals surface area contributed by atoms with Crippen molar-refractivity contribution in [2.45, 2.75) is 23.6 Å². The Morgan fingerprint density at radius 2 is 1.94 bits per heavy atom. The van der Waals surface area contributed by atoms with E-state index in [1.165, 1.54) is 12.3 Å². The summed E-state index contributed by atoms with van der Waals surface area (Å²) < 4.78 is 57.0. The summed E-state index contributed by atoms with van der Waals surface area (Å²) >= 11 is 0. The number of morpholine rings is 1. The van der Waals surface area contributed by atoms with Crippen LogP contribution in [0.25, 0.3) is 22.3 Å². The number of nitrogens with zero attached hydrogens (tertiary/aromatic N) is 3. The number of ether oxygens (including phenoxy) is 3. The van der Waals surface area contributed by atoms with Crippen molar-refractivity contribution in [2.75, 3.05) is 50.7 Å². The van der Waals surface area contributed by atoms with Crippen LogP contribution in [0.1, 0.15) is 18.5 Å². The minimum Gasteiger partial charge on any atom is -0.486 e.